The van der Waals surface area contributed by atoms with Gasteiger partial charge in [0.2, 0.25) is 11.6 Å². The lowest BCUT2D eigenvalue weighted by Gasteiger charge is -2.26. The van der Waals surface area contributed by atoms with Crippen molar-refractivity contribution < 1.29 is 18.3 Å². The molecule has 1 aliphatic rings. The first-order chi connectivity index (χ1) is 18.0. The molecular formula is C33H56F2O2. The Morgan fingerprint density at radius 2 is 1.19 bits per heavy atom. The maximum absolute atomic E-state index is 14.4. The quantitative estimate of drug-likeness (QED) is 0.149. The second-order valence-electron chi connectivity index (χ2n) is 11.9. The highest BCUT2D eigenvalue weighted by Gasteiger charge is 2.21. The Bertz CT molecular complexity index is 700. The van der Waals surface area contributed by atoms with E-state index in [-0.39, 0.29) is 11.5 Å². The van der Waals surface area contributed by atoms with Gasteiger partial charge in [-0.2, -0.15) is 8.78 Å². The molecule has 0 radical (unpaired) electrons. The second-order valence-corrected chi connectivity index (χ2v) is 11.9. The van der Waals surface area contributed by atoms with E-state index in [2.05, 4.69) is 20.8 Å². The predicted octanol–water partition coefficient (Wildman–Crippen LogP) is 11.1. The van der Waals surface area contributed by atoms with E-state index in [1.807, 2.05) is 0 Å². The highest BCUT2D eigenvalue weighted by Crippen LogP contribution is 2.31. The monoisotopic (exact) mass is 522 g/mol. The summed E-state index contributed by atoms with van der Waals surface area (Å²) in [5.74, 6) is 0.190. The molecule has 2 rings (SSSR count). The number of benzene rings is 1. The highest BCUT2D eigenvalue weighted by molar-refractivity contribution is 5.35. The van der Waals surface area contributed by atoms with E-state index in [0.717, 1.165) is 37.5 Å². The summed E-state index contributed by atoms with van der Waals surface area (Å²) in [7, 11) is 0. The third kappa shape index (κ3) is 13.9. The molecule has 0 saturated heterocycles. The molecule has 1 aromatic rings. The van der Waals surface area contributed by atoms with Crippen LogP contribution in [0.25, 0.3) is 0 Å². The van der Waals surface area contributed by atoms with Crippen LogP contribution in [0, 0.1) is 29.4 Å². The summed E-state index contributed by atoms with van der Waals surface area (Å²) in [6, 6.07) is 3.01. The molecule has 0 spiro atoms. The third-order valence-corrected chi connectivity index (χ3v) is 8.27. The maximum Gasteiger partial charge on any atom is 0.204 e. The number of unbranched alkanes of at least 4 members (excludes halogenated alkanes) is 11. The van der Waals surface area contributed by atoms with E-state index in [4.69, 9.17) is 9.47 Å². The molecule has 0 heterocycles. The lowest BCUT2D eigenvalue weighted by Crippen LogP contribution is -2.19. The lowest BCUT2D eigenvalue weighted by molar-refractivity contribution is 0.181. The number of rotatable bonds is 21. The van der Waals surface area contributed by atoms with Gasteiger partial charge in [-0.1, -0.05) is 124 Å². The average molecular weight is 523 g/mol. The average Bonchev–Trinajstić information content (AvgIpc) is 2.90. The first-order valence-electron chi connectivity index (χ1n) is 15.7. The summed E-state index contributed by atoms with van der Waals surface area (Å²) in [4.78, 5) is 0. The maximum atomic E-state index is 14.4. The van der Waals surface area contributed by atoms with Crippen molar-refractivity contribution in [3.8, 4) is 11.5 Å². The van der Waals surface area contributed by atoms with Crippen LogP contribution in [-0.2, 0) is 0 Å². The minimum atomic E-state index is -0.930. The van der Waals surface area contributed by atoms with E-state index in [0.29, 0.717) is 19.1 Å². The van der Waals surface area contributed by atoms with Crippen molar-refractivity contribution in [1.29, 1.82) is 0 Å². The lowest BCUT2D eigenvalue weighted by atomic mass is 9.83. The van der Waals surface area contributed by atoms with Crippen LogP contribution in [0.1, 0.15) is 143 Å². The summed E-state index contributed by atoms with van der Waals surface area (Å²) >= 11 is 0. The predicted molar refractivity (Wildman–Crippen MR) is 153 cm³/mol. The Labute approximate surface area is 227 Å². The van der Waals surface area contributed by atoms with Gasteiger partial charge in [0.05, 0.1) is 13.2 Å². The summed E-state index contributed by atoms with van der Waals surface area (Å²) in [6.45, 7) is 7.84. The van der Waals surface area contributed by atoms with E-state index in [1.165, 1.54) is 108 Å². The number of halogens is 2. The van der Waals surface area contributed by atoms with E-state index >= 15 is 0 Å². The first kappa shape index (κ1) is 31.9. The van der Waals surface area contributed by atoms with Crippen LogP contribution < -0.4 is 9.47 Å². The third-order valence-electron chi connectivity index (χ3n) is 8.27. The Balaban J connectivity index is 1.46. The number of ether oxygens (including phenoxy) is 2. The minimum absolute atomic E-state index is 0.000184. The van der Waals surface area contributed by atoms with Crippen molar-refractivity contribution in [3.05, 3.63) is 23.8 Å². The van der Waals surface area contributed by atoms with Crippen LogP contribution in [0.4, 0.5) is 8.78 Å². The van der Waals surface area contributed by atoms with Crippen molar-refractivity contribution >= 4 is 0 Å². The Hall–Kier alpha value is -1.32. The van der Waals surface area contributed by atoms with E-state index < -0.39 is 11.6 Å². The molecule has 1 aromatic carbocycles. The molecule has 0 amide bonds. The van der Waals surface area contributed by atoms with Crippen LogP contribution in [-0.4, -0.2) is 13.2 Å². The van der Waals surface area contributed by atoms with Crippen molar-refractivity contribution in [2.45, 2.75) is 143 Å². The number of hydrogen-bond acceptors (Lipinski definition) is 2. The summed E-state index contributed by atoms with van der Waals surface area (Å²) in [5.41, 5.74) is 0. The molecule has 37 heavy (non-hydrogen) atoms. The van der Waals surface area contributed by atoms with Crippen LogP contribution in [0.5, 0.6) is 11.5 Å². The molecule has 214 valence electrons. The summed E-state index contributed by atoms with van der Waals surface area (Å²) in [6.07, 6.45) is 24.1. The van der Waals surface area contributed by atoms with Crippen LogP contribution in [0.2, 0.25) is 0 Å². The van der Waals surface area contributed by atoms with Crippen molar-refractivity contribution in [2.75, 3.05) is 13.2 Å². The van der Waals surface area contributed by atoms with Gasteiger partial charge in [-0.15, -0.1) is 0 Å². The smallest absolute Gasteiger partial charge is 0.204 e. The first-order valence-corrected chi connectivity index (χ1v) is 15.7. The fourth-order valence-electron chi connectivity index (χ4n) is 5.52. The molecule has 0 bridgehead atoms. The summed E-state index contributed by atoms with van der Waals surface area (Å²) < 4.78 is 40.1. The van der Waals surface area contributed by atoms with Crippen LogP contribution in [0.15, 0.2) is 12.1 Å². The van der Waals surface area contributed by atoms with Gasteiger partial charge in [0.25, 0.3) is 0 Å². The SMILES string of the molecule is CCCCCCCCCC(C)CCCCCCCCOc1ccc(OCC2CCC(C)CC2)c(F)c1F. The second kappa shape index (κ2) is 19.7. The van der Waals surface area contributed by atoms with Gasteiger partial charge in [0.15, 0.2) is 11.5 Å². The molecule has 0 aliphatic heterocycles. The molecule has 2 nitrogen and oxygen atoms in total. The minimum Gasteiger partial charge on any atom is -0.490 e. The van der Waals surface area contributed by atoms with Crippen molar-refractivity contribution in [3.63, 3.8) is 0 Å². The van der Waals surface area contributed by atoms with Gasteiger partial charge in [-0.25, -0.2) is 0 Å². The molecule has 1 aliphatic carbocycles. The largest absolute Gasteiger partial charge is 0.490 e. The standard InChI is InChI=1S/C33H56F2O2/c1-4-5-6-7-8-11-14-17-27(2)18-15-12-9-10-13-16-25-36-30-23-24-31(33(35)32(30)34)37-26-29-21-19-28(3)20-22-29/h23-24,27-29H,4-22,25-26H2,1-3H3. The molecule has 1 atom stereocenters. The van der Waals surface area contributed by atoms with Gasteiger partial charge < -0.3 is 9.47 Å². The Kier molecular flexibility index (Phi) is 17.0. The Morgan fingerprint density at radius 1 is 0.703 bits per heavy atom. The van der Waals surface area contributed by atoms with Gasteiger partial charge in [-0.05, 0) is 49.1 Å². The normalized spacial score (nSPS) is 18.6. The van der Waals surface area contributed by atoms with Gasteiger partial charge >= 0.3 is 0 Å². The highest BCUT2D eigenvalue weighted by atomic mass is 19.2. The van der Waals surface area contributed by atoms with Crippen molar-refractivity contribution in [2.24, 2.45) is 17.8 Å². The zero-order chi connectivity index (χ0) is 26.7. The molecule has 1 saturated carbocycles. The molecular weight excluding hydrogens is 466 g/mol. The molecule has 0 N–H and O–H groups in total. The fraction of sp³-hybridized carbons (Fsp3) is 0.818. The van der Waals surface area contributed by atoms with Gasteiger partial charge in [0, 0.05) is 0 Å². The topological polar surface area (TPSA) is 18.5 Å². The van der Waals surface area contributed by atoms with Crippen molar-refractivity contribution in [1.82, 2.24) is 0 Å². The zero-order valence-electron chi connectivity index (χ0n) is 24.3. The Morgan fingerprint density at radius 3 is 1.76 bits per heavy atom. The number of hydrogen-bond donors (Lipinski definition) is 0. The van der Waals surface area contributed by atoms with E-state index in [1.54, 1.807) is 0 Å². The fourth-order valence-corrected chi connectivity index (χ4v) is 5.52. The molecule has 1 fully saturated rings. The zero-order valence-corrected chi connectivity index (χ0v) is 24.3. The molecule has 0 aromatic heterocycles. The van der Waals surface area contributed by atoms with Crippen LogP contribution >= 0.6 is 0 Å². The summed E-state index contributed by atoms with van der Waals surface area (Å²) in [5, 5.41) is 0. The molecule has 4 heteroatoms. The van der Waals surface area contributed by atoms with Gasteiger partial charge in [-0.3, -0.25) is 0 Å². The van der Waals surface area contributed by atoms with Gasteiger partial charge in [0.1, 0.15) is 0 Å². The van der Waals surface area contributed by atoms with E-state index in [9.17, 15) is 8.78 Å². The van der Waals surface area contributed by atoms with Crippen LogP contribution in [0.3, 0.4) is 0 Å². The molecule has 1 unspecified atom stereocenters.